The third-order valence-electron chi connectivity index (χ3n) is 6.12. The Kier molecular flexibility index (Phi) is 10.1. The summed E-state index contributed by atoms with van der Waals surface area (Å²) in [7, 11) is 0. The maximum absolute atomic E-state index is 14.2. The Morgan fingerprint density at radius 2 is 1.69 bits per heavy atom. The highest BCUT2D eigenvalue weighted by Gasteiger charge is 2.31. The Bertz CT molecular complexity index is 1500. The van der Waals surface area contributed by atoms with Gasteiger partial charge in [-0.2, -0.15) is 13.2 Å². The number of allylic oxidation sites excluding steroid dienone is 2. The molecule has 5 N–H and O–H groups in total. The van der Waals surface area contributed by atoms with Gasteiger partial charge in [-0.1, -0.05) is 26.0 Å². The lowest BCUT2D eigenvalue weighted by molar-refractivity contribution is -0.123. The number of amides is 2. The number of benzene rings is 2. The van der Waals surface area contributed by atoms with Crippen LogP contribution in [0.5, 0.6) is 0 Å². The van der Waals surface area contributed by atoms with E-state index >= 15 is 0 Å². The van der Waals surface area contributed by atoms with Crippen molar-refractivity contribution >= 4 is 18.0 Å². The van der Waals surface area contributed by atoms with Crippen LogP contribution in [0.15, 0.2) is 71.5 Å². The molecule has 2 amide bonds. The molecule has 0 radical (unpaired) electrons. The smallest absolute Gasteiger partial charge is 0.395 e. The first-order valence-electron chi connectivity index (χ1n) is 12.5. The second-order valence-corrected chi connectivity index (χ2v) is 9.64. The maximum atomic E-state index is 14.2. The van der Waals surface area contributed by atoms with Crippen molar-refractivity contribution in [3.63, 3.8) is 0 Å². The number of hydrogen-bond donors (Lipinski definition) is 3. The van der Waals surface area contributed by atoms with Crippen LogP contribution in [0.3, 0.4) is 0 Å². The zero-order valence-corrected chi connectivity index (χ0v) is 22.4. The molecule has 3 rings (SSSR count). The third kappa shape index (κ3) is 8.18. The van der Waals surface area contributed by atoms with Crippen molar-refractivity contribution in [2.24, 2.45) is 22.4 Å². The fourth-order valence-corrected chi connectivity index (χ4v) is 4.11. The maximum Gasteiger partial charge on any atom is 0.430 e. The van der Waals surface area contributed by atoms with Gasteiger partial charge >= 0.3 is 6.18 Å². The molecule has 2 aromatic carbocycles. The van der Waals surface area contributed by atoms with Gasteiger partial charge in [-0.3, -0.25) is 19.6 Å². The summed E-state index contributed by atoms with van der Waals surface area (Å²) in [6.45, 7) is 3.23. The standard InChI is InChI=1S/C29H27F6N5O2/c1-15(2)25(39-9-7-24(36)29(33,34)35)28(42)40-23(12-16-10-18(30)14-19(31)11-16)26-20(4-3-8-38-26)17-5-6-22(32)21(13-17)27(37)41/h3-11,13-15,23,25H,12,36H2,1-2H3,(H2,37,41)(H,40,42)/t23-,25?/m0/s1. The van der Waals surface area contributed by atoms with Gasteiger partial charge in [0.05, 0.1) is 17.3 Å². The number of halogens is 6. The van der Waals surface area contributed by atoms with E-state index in [4.69, 9.17) is 11.5 Å². The monoisotopic (exact) mass is 591 g/mol. The molecule has 0 bridgehead atoms. The zero-order chi connectivity index (χ0) is 31.2. The van der Waals surface area contributed by atoms with Crippen LogP contribution in [0, 0.1) is 23.4 Å². The molecule has 1 heterocycles. The Balaban J connectivity index is 2.08. The number of carbonyl (C=O) groups excluding carboxylic acids is 2. The first-order chi connectivity index (χ1) is 19.7. The normalized spacial score (nSPS) is 13.8. The Labute approximate surface area is 237 Å². The van der Waals surface area contributed by atoms with Crippen LogP contribution in [0.2, 0.25) is 0 Å². The number of alkyl halides is 3. The van der Waals surface area contributed by atoms with Gasteiger partial charge in [-0.25, -0.2) is 13.2 Å². The van der Waals surface area contributed by atoms with Crippen LogP contribution in [-0.4, -0.2) is 35.2 Å². The predicted molar refractivity (Wildman–Crippen MR) is 145 cm³/mol. The molecule has 0 aliphatic heterocycles. The molecule has 1 aromatic heterocycles. The molecule has 0 aliphatic carbocycles. The zero-order valence-electron chi connectivity index (χ0n) is 22.4. The van der Waals surface area contributed by atoms with Gasteiger partial charge in [0, 0.05) is 24.0 Å². The van der Waals surface area contributed by atoms with E-state index in [1.807, 2.05) is 0 Å². The summed E-state index contributed by atoms with van der Waals surface area (Å²) in [5, 5.41) is 2.73. The van der Waals surface area contributed by atoms with Crippen molar-refractivity contribution in [3.8, 4) is 11.1 Å². The summed E-state index contributed by atoms with van der Waals surface area (Å²) in [6.07, 6.45) is -2.26. The lowest BCUT2D eigenvalue weighted by Gasteiger charge is -2.24. The highest BCUT2D eigenvalue weighted by Crippen LogP contribution is 2.31. The number of primary amides is 1. The molecule has 1 unspecified atom stereocenters. The van der Waals surface area contributed by atoms with Gasteiger partial charge in [-0.15, -0.1) is 0 Å². The first-order valence-corrected chi connectivity index (χ1v) is 12.5. The Morgan fingerprint density at radius 1 is 1.02 bits per heavy atom. The molecular formula is C29H27F6N5O2. The second kappa shape index (κ2) is 13.3. The van der Waals surface area contributed by atoms with E-state index < -0.39 is 64.7 Å². The summed E-state index contributed by atoms with van der Waals surface area (Å²) in [6, 6.07) is 7.28. The molecule has 3 aromatic rings. The molecule has 2 atom stereocenters. The molecule has 42 heavy (non-hydrogen) atoms. The summed E-state index contributed by atoms with van der Waals surface area (Å²) in [4.78, 5) is 33.5. The van der Waals surface area contributed by atoms with Crippen LogP contribution in [0.4, 0.5) is 26.3 Å². The molecule has 0 aliphatic rings. The topological polar surface area (TPSA) is 123 Å². The van der Waals surface area contributed by atoms with Crippen molar-refractivity contribution in [1.29, 1.82) is 0 Å². The van der Waals surface area contributed by atoms with Crippen LogP contribution in [-0.2, 0) is 11.2 Å². The van der Waals surface area contributed by atoms with Crippen LogP contribution in [0.25, 0.3) is 11.1 Å². The largest absolute Gasteiger partial charge is 0.430 e. The Morgan fingerprint density at radius 3 is 2.29 bits per heavy atom. The summed E-state index contributed by atoms with van der Waals surface area (Å²) >= 11 is 0. The molecule has 0 saturated heterocycles. The van der Waals surface area contributed by atoms with Gasteiger partial charge in [0.15, 0.2) is 0 Å². The summed E-state index contributed by atoms with van der Waals surface area (Å²) < 4.78 is 80.5. The summed E-state index contributed by atoms with van der Waals surface area (Å²) in [5.41, 5.74) is 9.46. The van der Waals surface area contributed by atoms with Crippen LogP contribution < -0.4 is 16.8 Å². The first kappa shape index (κ1) is 31.8. The highest BCUT2D eigenvalue weighted by atomic mass is 19.4. The number of pyridine rings is 1. The van der Waals surface area contributed by atoms with Crippen molar-refractivity contribution < 1.29 is 35.9 Å². The number of rotatable bonds is 10. The molecule has 13 heteroatoms. The number of aliphatic imine (C=N–C) groups is 1. The van der Waals surface area contributed by atoms with E-state index in [0.29, 0.717) is 23.3 Å². The average molecular weight is 592 g/mol. The minimum Gasteiger partial charge on any atom is -0.395 e. The molecule has 0 saturated carbocycles. The van der Waals surface area contributed by atoms with Gasteiger partial charge in [-0.05, 0) is 59.9 Å². The number of carbonyl (C=O) groups is 2. The van der Waals surface area contributed by atoms with E-state index in [9.17, 15) is 35.9 Å². The van der Waals surface area contributed by atoms with E-state index in [0.717, 1.165) is 24.4 Å². The predicted octanol–water partition coefficient (Wildman–Crippen LogP) is 5.17. The lowest BCUT2D eigenvalue weighted by atomic mass is 9.93. The molecule has 222 valence electrons. The van der Waals surface area contributed by atoms with Gasteiger partial charge < -0.3 is 16.8 Å². The van der Waals surface area contributed by atoms with Crippen molar-refractivity contribution in [1.82, 2.24) is 10.3 Å². The third-order valence-corrected chi connectivity index (χ3v) is 6.12. The van der Waals surface area contributed by atoms with E-state index in [2.05, 4.69) is 15.3 Å². The highest BCUT2D eigenvalue weighted by molar-refractivity contribution is 5.94. The van der Waals surface area contributed by atoms with Crippen molar-refractivity contribution in [2.75, 3.05) is 0 Å². The van der Waals surface area contributed by atoms with Crippen LogP contribution >= 0.6 is 0 Å². The molecular weight excluding hydrogens is 564 g/mol. The number of nitrogens with zero attached hydrogens (tertiary/aromatic N) is 2. The fourth-order valence-electron chi connectivity index (χ4n) is 4.11. The van der Waals surface area contributed by atoms with E-state index in [1.165, 1.54) is 18.3 Å². The van der Waals surface area contributed by atoms with Crippen molar-refractivity contribution in [2.45, 2.75) is 38.5 Å². The van der Waals surface area contributed by atoms with E-state index in [-0.39, 0.29) is 17.7 Å². The van der Waals surface area contributed by atoms with Gasteiger partial charge in [0.1, 0.15) is 29.2 Å². The number of aromatic nitrogens is 1. The molecule has 7 nitrogen and oxygen atoms in total. The fraction of sp³-hybridized carbons (Fsp3) is 0.241. The lowest BCUT2D eigenvalue weighted by Crippen LogP contribution is -2.40. The van der Waals surface area contributed by atoms with Gasteiger partial charge in [0.25, 0.3) is 5.91 Å². The Hall–Kier alpha value is -4.68. The van der Waals surface area contributed by atoms with Gasteiger partial charge in [0.2, 0.25) is 5.91 Å². The quantitative estimate of drug-likeness (QED) is 0.223. The van der Waals surface area contributed by atoms with E-state index in [1.54, 1.807) is 26.0 Å². The number of hydrogen-bond acceptors (Lipinski definition) is 5. The number of nitrogens with two attached hydrogens (primary N) is 2. The molecule has 0 spiro atoms. The SMILES string of the molecule is CC(C)C(N=CC=C(N)C(F)(F)F)C(=O)N[C@@H](Cc1cc(F)cc(F)c1)c1ncccc1-c1ccc(F)c(C(N)=O)c1. The van der Waals surface area contributed by atoms with Crippen LogP contribution in [0.1, 0.15) is 41.5 Å². The number of nitrogens with one attached hydrogen (secondary N) is 1. The average Bonchev–Trinajstić information content (AvgIpc) is 2.89. The summed E-state index contributed by atoms with van der Waals surface area (Å²) in [5.74, 6) is -4.81. The minimum atomic E-state index is -4.78. The minimum absolute atomic E-state index is 0.150. The van der Waals surface area contributed by atoms with Crippen molar-refractivity contribution in [3.05, 3.63) is 101 Å². The molecule has 0 fully saturated rings. The second-order valence-electron chi connectivity index (χ2n) is 9.64.